The molecule has 12 nitrogen and oxygen atoms in total. The third-order valence-corrected chi connectivity index (χ3v) is 4.12. The summed E-state index contributed by atoms with van der Waals surface area (Å²) < 4.78 is 12.4. The first-order valence-electron chi connectivity index (χ1n) is 7.52. The van der Waals surface area contributed by atoms with Crippen molar-refractivity contribution in [2.45, 2.75) is 31.1 Å². The molecule has 3 heterocycles. The van der Waals surface area contributed by atoms with Gasteiger partial charge in [-0.15, -0.1) is 0 Å². The summed E-state index contributed by atoms with van der Waals surface area (Å²) in [5.74, 6) is -0.220. The van der Waals surface area contributed by atoms with E-state index in [4.69, 9.17) is 15.2 Å². The first-order valence-corrected chi connectivity index (χ1v) is 7.52. The molecule has 12 heteroatoms. The molecule has 2 aromatic rings. The third kappa shape index (κ3) is 2.73. The van der Waals surface area contributed by atoms with E-state index in [0.29, 0.717) is 0 Å². The Kier molecular flexibility index (Phi) is 4.62. The van der Waals surface area contributed by atoms with E-state index >= 15 is 0 Å². The zero-order chi connectivity index (χ0) is 18.3. The number of hydrogen-bond acceptors (Lipinski definition) is 9. The van der Waals surface area contributed by atoms with Crippen molar-refractivity contribution in [1.82, 2.24) is 19.1 Å². The number of methoxy groups -OCH3 is 1. The van der Waals surface area contributed by atoms with Crippen LogP contribution in [0.1, 0.15) is 6.23 Å². The molecule has 1 aliphatic rings. The fourth-order valence-corrected chi connectivity index (χ4v) is 2.91. The van der Waals surface area contributed by atoms with Gasteiger partial charge in [-0.1, -0.05) is 0 Å². The predicted octanol–water partition coefficient (Wildman–Crippen LogP) is -3.27. The summed E-state index contributed by atoms with van der Waals surface area (Å²) in [6.07, 6.45) is -5.32. The number of aliphatic hydroxyl groups excluding tert-OH is 3. The Balaban J connectivity index is 2.23. The van der Waals surface area contributed by atoms with Crippen molar-refractivity contribution >= 4 is 17.1 Å². The van der Waals surface area contributed by atoms with Crippen LogP contribution in [0.25, 0.3) is 11.2 Å². The highest BCUT2D eigenvalue weighted by Crippen LogP contribution is 2.30. The molecule has 4 atom stereocenters. The van der Waals surface area contributed by atoms with Gasteiger partial charge in [0, 0.05) is 7.11 Å². The second kappa shape index (κ2) is 6.57. The second-order valence-corrected chi connectivity index (χ2v) is 5.65. The number of nitrogens with zero attached hydrogens (tertiary/aromatic N) is 3. The number of rotatable bonds is 5. The molecule has 0 spiro atoms. The van der Waals surface area contributed by atoms with E-state index in [2.05, 4.69) is 9.97 Å². The first-order chi connectivity index (χ1) is 11.9. The van der Waals surface area contributed by atoms with Gasteiger partial charge in [-0.25, -0.2) is 9.36 Å². The number of imidazole rings is 1. The number of hydrogen-bond donors (Lipinski definition) is 5. The molecule has 0 aromatic carbocycles. The topological polar surface area (TPSA) is 178 Å². The van der Waals surface area contributed by atoms with Crippen LogP contribution in [-0.4, -0.2) is 73.1 Å². The summed E-state index contributed by atoms with van der Waals surface area (Å²) in [7, 11) is 1.44. The van der Waals surface area contributed by atoms with Gasteiger partial charge in [0.15, 0.2) is 17.4 Å². The zero-order valence-electron chi connectivity index (χ0n) is 13.3. The Bertz CT molecular complexity index is 887. The van der Waals surface area contributed by atoms with Crippen LogP contribution in [-0.2, 0) is 16.0 Å². The number of fused-ring (bicyclic) bond motifs is 1. The van der Waals surface area contributed by atoms with E-state index in [0.717, 1.165) is 9.13 Å². The SMILES string of the molecule is COCCn1c(=O)n(C2OC(CO)C(O)C2O)c2nc(N)[nH]c(=O)c21. The highest BCUT2D eigenvalue weighted by Gasteiger charge is 2.45. The number of aromatic amines is 1. The molecule has 1 aliphatic heterocycles. The van der Waals surface area contributed by atoms with Crippen molar-refractivity contribution in [3.05, 3.63) is 20.8 Å². The van der Waals surface area contributed by atoms with Crippen LogP contribution in [0.5, 0.6) is 0 Å². The largest absolute Gasteiger partial charge is 0.394 e. The van der Waals surface area contributed by atoms with Crippen LogP contribution in [0.4, 0.5) is 5.95 Å². The molecule has 1 saturated heterocycles. The molecule has 25 heavy (non-hydrogen) atoms. The van der Waals surface area contributed by atoms with Gasteiger partial charge in [0.2, 0.25) is 5.95 Å². The summed E-state index contributed by atoms with van der Waals surface area (Å²) in [5.41, 5.74) is 4.07. The fraction of sp³-hybridized carbons (Fsp3) is 0.615. The maximum absolute atomic E-state index is 12.8. The molecular formula is C13H19N5O7. The number of H-pyrrole nitrogens is 1. The number of nitrogens with two attached hydrogens (primary N) is 1. The van der Waals surface area contributed by atoms with Crippen molar-refractivity contribution in [2.24, 2.45) is 0 Å². The minimum absolute atomic E-state index is 0.0578. The molecule has 1 fully saturated rings. The summed E-state index contributed by atoms with van der Waals surface area (Å²) in [4.78, 5) is 31.3. The second-order valence-electron chi connectivity index (χ2n) is 5.65. The van der Waals surface area contributed by atoms with Crippen LogP contribution < -0.4 is 17.0 Å². The molecule has 0 radical (unpaired) electrons. The molecule has 4 unspecified atom stereocenters. The monoisotopic (exact) mass is 357 g/mol. The Morgan fingerprint density at radius 2 is 2.08 bits per heavy atom. The molecule has 0 saturated carbocycles. The highest BCUT2D eigenvalue weighted by atomic mass is 16.6. The minimum atomic E-state index is -1.50. The maximum atomic E-state index is 12.8. The molecule has 0 bridgehead atoms. The summed E-state index contributed by atoms with van der Waals surface area (Å²) in [6.45, 7) is -0.344. The van der Waals surface area contributed by atoms with Crippen LogP contribution in [0.2, 0.25) is 0 Å². The van der Waals surface area contributed by atoms with Crippen molar-refractivity contribution in [3.63, 3.8) is 0 Å². The van der Waals surface area contributed by atoms with Crippen LogP contribution in [0.3, 0.4) is 0 Å². The Morgan fingerprint density at radius 1 is 1.36 bits per heavy atom. The normalized spacial score (nSPS) is 26.6. The number of ether oxygens (including phenoxy) is 2. The van der Waals surface area contributed by atoms with Crippen LogP contribution >= 0.6 is 0 Å². The maximum Gasteiger partial charge on any atom is 0.332 e. The average molecular weight is 357 g/mol. The predicted molar refractivity (Wildman–Crippen MR) is 83.9 cm³/mol. The van der Waals surface area contributed by atoms with E-state index in [1.807, 2.05) is 0 Å². The summed E-state index contributed by atoms with van der Waals surface area (Å²) in [5, 5.41) is 29.3. The van der Waals surface area contributed by atoms with E-state index in [9.17, 15) is 24.9 Å². The standard InChI is InChI=1S/C13H19N5O7/c1-24-3-2-17-6-9(15-12(14)16-10(6)22)18(13(17)23)11-8(21)7(20)5(4-19)25-11/h5,7-8,11,19-21H,2-4H2,1H3,(H3,14,15,16,22). The third-order valence-electron chi connectivity index (χ3n) is 4.12. The Morgan fingerprint density at radius 3 is 2.68 bits per heavy atom. The summed E-state index contributed by atoms with van der Waals surface area (Å²) in [6, 6.07) is 0. The van der Waals surface area contributed by atoms with Gasteiger partial charge >= 0.3 is 5.69 Å². The Hall–Kier alpha value is -2.25. The van der Waals surface area contributed by atoms with Crippen LogP contribution in [0.15, 0.2) is 9.59 Å². The number of nitrogens with one attached hydrogen (secondary N) is 1. The van der Waals surface area contributed by atoms with Crippen molar-refractivity contribution in [2.75, 3.05) is 26.1 Å². The number of aromatic nitrogens is 4. The van der Waals surface area contributed by atoms with E-state index < -0.39 is 42.4 Å². The van der Waals surface area contributed by atoms with Gasteiger partial charge in [-0.3, -0.25) is 14.3 Å². The van der Waals surface area contributed by atoms with Gasteiger partial charge in [0.05, 0.1) is 19.8 Å². The van der Waals surface area contributed by atoms with Crippen molar-refractivity contribution in [3.8, 4) is 0 Å². The van der Waals surface area contributed by atoms with E-state index in [1.54, 1.807) is 0 Å². The lowest BCUT2D eigenvalue weighted by molar-refractivity contribution is -0.0528. The van der Waals surface area contributed by atoms with Crippen LogP contribution in [0, 0.1) is 0 Å². The number of nitrogen functional groups attached to an aromatic ring is 1. The van der Waals surface area contributed by atoms with Gasteiger partial charge < -0.3 is 30.5 Å². The molecule has 3 rings (SSSR count). The lowest BCUT2D eigenvalue weighted by atomic mass is 10.1. The zero-order valence-corrected chi connectivity index (χ0v) is 13.3. The van der Waals surface area contributed by atoms with E-state index in [1.165, 1.54) is 7.11 Å². The number of aliphatic hydroxyl groups is 3. The van der Waals surface area contributed by atoms with E-state index in [-0.39, 0.29) is 30.3 Å². The van der Waals surface area contributed by atoms with Gasteiger partial charge in [-0.05, 0) is 0 Å². The molecule has 2 aromatic heterocycles. The molecular weight excluding hydrogens is 338 g/mol. The lowest BCUT2D eigenvalue weighted by Crippen LogP contribution is -2.36. The first kappa shape index (κ1) is 17.6. The average Bonchev–Trinajstić information content (AvgIpc) is 3.00. The van der Waals surface area contributed by atoms with Gasteiger partial charge in [0.25, 0.3) is 5.56 Å². The van der Waals surface area contributed by atoms with Crippen molar-refractivity contribution < 1.29 is 24.8 Å². The minimum Gasteiger partial charge on any atom is -0.394 e. The molecule has 0 aliphatic carbocycles. The smallest absolute Gasteiger partial charge is 0.332 e. The molecule has 138 valence electrons. The highest BCUT2D eigenvalue weighted by molar-refractivity contribution is 5.71. The van der Waals surface area contributed by atoms with Gasteiger partial charge in [0.1, 0.15) is 18.3 Å². The fourth-order valence-electron chi connectivity index (χ4n) is 2.91. The van der Waals surface area contributed by atoms with Crippen molar-refractivity contribution in [1.29, 1.82) is 0 Å². The number of anilines is 1. The summed E-state index contributed by atoms with van der Waals surface area (Å²) >= 11 is 0. The molecule has 0 amide bonds. The van der Waals surface area contributed by atoms with Gasteiger partial charge in [-0.2, -0.15) is 4.98 Å². The lowest BCUT2D eigenvalue weighted by Gasteiger charge is -2.15. The molecule has 6 N–H and O–H groups in total. The Labute approximate surface area is 140 Å². The quantitative estimate of drug-likeness (QED) is 0.367.